The molecular weight excluding hydrogens is 357 g/mol. The number of methoxy groups -OCH3 is 1. The average molecular weight is 381 g/mol. The first-order valence-electron chi connectivity index (χ1n) is 9.01. The number of pyridine rings is 1. The topological polar surface area (TPSA) is 49.2 Å². The van der Waals surface area contributed by atoms with Crippen LogP contribution in [0.3, 0.4) is 0 Å². The van der Waals surface area contributed by atoms with Crippen LogP contribution in [0.4, 0.5) is 4.39 Å². The van der Waals surface area contributed by atoms with E-state index in [1.165, 1.54) is 10.7 Å². The van der Waals surface area contributed by atoms with E-state index in [1.807, 2.05) is 18.2 Å². The number of hydrogen-bond donors (Lipinski definition) is 0. The van der Waals surface area contributed by atoms with Crippen molar-refractivity contribution >= 4 is 0 Å². The molecule has 0 fully saturated rings. The largest absolute Gasteiger partial charge is 0.473 e. The Hall–Kier alpha value is -3.17. The van der Waals surface area contributed by atoms with Crippen molar-refractivity contribution in [1.82, 2.24) is 14.8 Å². The maximum absolute atomic E-state index is 13.1. The van der Waals surface area contributed by atoms with Gasteiger partial charge in [0.25, 0.3) is 0 Å². The molecule has 0 aromatic carbocycles. The van der Waals surface area contributed by atoms with E-state index in [1.54, 1.807) is 25.4 Å². The lowest BCUT2D eigenvalue weighted by molar-refractivity contribution is 0.143. The summed E-state index contributed by atoms with van der Waals surface area (Å²) < 4.78 is 25.4. The number of aromatic nitrogens is 3. The van der Waals surface area contributed by atoms with Gasteiger partial charge in [0, 0.05) is 12.7 Å². The van der Waals surface area contributed by atoms with E-state index in [4.69, 9.17) is 9.47 Å². The third-order valence-corrected chi connectivity index (χ3v) is 3.57. The molecule has 0 unspecified atom stereocenters. The summed E-state index contributed by atoms with van der Waals surface area (Å²) in [5, 5.41) is 4.39. The van der Waals surface area contributed by atoms with Crippen LogP contribution in [-0.4, -0.2) is 35.1 Å². The molecule has 0 bridgehead atoms. The lowest BCUT2D eigenvalue weighted by Gasteiger charge is -2.02. The van der Waals surface area contributed by atoms with Gasteiger partial charge in [-0.1, -0.05) is 56.1 Å². The first kappa shape index (κ1) is 21.1. The van der Waals surface area contributed by atoms with Gasteiger partial charge < -0.3 is 9.47 Å². The minimum absolute atomic E-state index is 0.346. The molecule has 0 atom stereocenters. The van der Waals surface area contributed by atoms with E-state index >= 15 is 0 Å². The van der Waals surface area contributed by atoms with Crippen LogP contribution in [0.2, 0.25) is 0 Å². The Morgan fingerprint density at radius 2 is 2.18 bits per heavy atom. The summed E-state index contributed by atoms with van der Waals surface area (Å²) in [4.78, 5) is 4.04. The van der Waals surface area contributed by atoms with Gasteiger partial charge in [-0.15, -0.1) is 5.10 Å². The van der Waals surface area contributed by atoms with Crippen LogP contribution < -0.4 is 4.74 Å². The minimum Gasteiger partial charge on any atom is -0.473 e. The van der Waals surface area contributed by atoms with Crippen molar-refractivity contribution in [1.29, 1.82) is 0 Å². The van der Waals surface area contributed by atoms with Crippen LogP contribution in [0, 0.1) is 17.7 Å². The predicted octanol–water partition coefficient (Wildman–Crippen LogP) is 4.25. The Morgan fingerprint density at radius 3 is 2.86 bits per heavy atom. The molecule has 0 spiro atoms. The van der Waals surface area contributed by atoms with Crippen LogP contribution in [0.15, 0.2) is 61.0 Å². The zero-order valence-electron chi connectivity index (χ0n) is 16.2. The van der Waals surface area contributed by atoms with E-state index < -0.39 is 5.82 Å². The highest BCUT2D eigenvalue weighted by atomic mass is 19.1. The van der Waals surface area contributed by atoms with Gasteiger partial charge in [-0.3, -0.25) is 0 Å². The fourth-order valence-corrected chi connectivity index (χ4v) is 2.25. The number of rotatable bonds is 9. The molecule has 146 valence electrons. The van der Waals surface area contributed by atoms with Crippen molar-refractivity contribution in [2.45, 2.75) is 19.8 Å². The fraction of sp³-hybridized carbons (Fsp3) is 0.273. The van der Waals surface area contributed by atoms with E-state index in [0.29, 0.717) is 30.5 Å². The molecule has 0 aliphatic carbocycles. The van der Waals surface area contributed by atoms with Crippen molar-refractivity contribution < 1.29 is 13.9 Å². The standard InChI is InChI=1S/C22H24FN3O2/c1-4-6-7-9-18(8-5-2)10-11-19-17-26(21-13-12-20(23)16-24-21)25-22(19)28-15-14-27-3/h4,6-7,9,12-13,16-17H,1,5,8,14-15H2,2-3H3/b7-6-,18-9+. The molecule has 5 nitrogen and oxygen atoms in total. The van der Waals surface area contributed by atoms with E-state index in [-0.39, 0.29) is 0 Å². The molecule has 2 aromatic rings. The highest BCUT2D eigenvalue weighted by Gasteiger charge is 2.11. The summed E-state index contributed by atoms with van der Waals surface area (Å²) in [6.07, 6.45) is 12.2. The molecule has 0 saturated carbocycles. The van der Waals surface area contributed by atoms with Gasteiger partial charge in [0.05, 0.1) is 19.0 Å². The van der Waals surface area contributed by atoms with E-state index in [2.05, 4.69) is 35.4 Å². The molecular formula is C22H24FN3O2. The summed E-state index contributed by atoms with van der Waals surface area (Å²) >= 11 is 0. The minimum atomic E-state index is -0.408. The highest BCUT2D eigenvalue weighted by molar-refractivity contribution is 5.47. The summed E-state index contributed by atoms with van der Waals surface area (Å²) in [7, 11) is 1.60. The number of hydrogen-bond acceptors (Lipinski definition) is 4. The molecule has 2 aromatic heterocycles. The maximum Gasteiger partial charge on any atom is 0.249 e. The Balaban J connectivity index is 2.34. The maximum atomic E-state index is 13.1. The Labute approximate surface area is 165 Å². The number of nitrogens with zero attached hydrogens (tertiary/aromatic N) is 3. The first-order valence-corrected chi connectivity index (χ1v) is 9.01. The monoisotopic (exact) mass is 381 g/mol. The molecule has 2 rings (SSSR count). The lowest BCUT2D eigenvalue weighted by Crippen LogP contribution is -2.06. The van der Waals surface area contributed by atoms with E-state index in [0.717, 1.165) is 24.6 Å². The second-order valence-corrected chi connectivity index (χ2v) is 5.78. The third kappa shape index (κ3) is 6.53. The fourth-order valence-electron chi connectivity index (χ4n) is 2.25. The SMILES string of the molecule is C=C/C=C\C=C(\C#Cc1cn(-c2ccc(F)cn2)nc1OCCOC)CCC. The van der Waals surface area contributed by atoms with Crippen LogP contribution >= 0.6 is 0 Å². The summed E-state index contributed by atoms with van der Waals surface area (Å²) in [5.41, 5.74) is 1.62. The second kappa shape index (κ2) is 11.5. The smallest absolute Gasteiger partial charge is 0.249 e. The van der Waals surface area contributed by atoms with E-state index in [9.17, 15) is 4.39 Å². The molecule has 0 N–H and O–H groups in total. The van der Waals surface area contributed by atoms with Gasteiger partial charge in [-0.05, 0) is 18.6 Å². The van der Waals surface area contributed by atoms with Crippen LogP contribution in [0.1, 0.15) is 25.3 Å². The van der Waals surface area contributed by atoms with Crippen molar-refractivity contribution in [3.8, 4) is 23.5 Å². The van der Waals surface area contributed by atoms with Crippen LogP contribution in [0.25, 0.3) is 5.82 Å². The van der Waals surface area contributed by atoms with Gasteiger partial charge in [-0.2, -0.15) is 0 Å². The molecule has 6 heteroatoms. The van der Waals surface area contributed by atoms with Gasteiger partial charge in [0.1, 0.15) is 18.0 Å². The Bertz CT molecular complexity index is 887. The number of allylic oxidation sites excluding steroid dienone is 5. The van der Waals surface area contributed by atoms with Crippen molar-refractivity contribution in [3.63, 3.8) is 0 Å². The van der Waals surface area contributed by atoms with Gasteiger partial charge in [0.2, 0.25) is 5.88 Å². The molecule has 0 saturated heterocycles. The van der Waals surface area contributed by atoms with Crippen LogP contribution in [-0.2, 0) is 4.74 Å². The van der Waals surface area contributed by atoms with Gasteiger partial charge in [0.15, 0.2) is 5.82 Å². The average Bonchev–Trinajstić information content (AvgIpc) is 3.10. The summed E-state index contributed by atoms with van der Waals surface area (Å²) in [6.45, 7) is 6.54. The number of halogens is 1. The quantitative estimate of drug-likeness (QED) is 0.370. The molecule has 0 amide bonds. The normalized spacial score (nSPS) is 11.3. The van der Waals surface area contributed by atoms with Crippen molar-refractivity contribution in [2.75, 3.05) is 20.3 Å². The Morgan fingerprint density at radius 1 is 1.32 bits per heavy atom. The molecule has 28 heavy (non-hydrogen) atoms. The van der Waals surface area contributed by atoms with Crippen molar-refractivity contribution in [2.24, 2.45) is 0 Å². The summed E-state index contributed by atoms with van der Waals surface area (Å²) in [6, 6.07) is 2.87. The second-order valence-electron chi connectivity index (χ2n) is 5.78. The molecule has 0 aliphatic heterocycles. The zero-order chi connectivity index (χ0) is 20.2. The zero-order valence-corrected chi connectivity index (χ0v) is 16.2. The first-order chi connectivity index (χ1) is 13.7. The molecule has 2 heterocycles. The third-order valence-electron chi connectivity index (χ3n) is 3.57. The predicted molar refractivity (Wildman–Crippen MR) is 108 cm³/mol. The summed E-state index contributed by atoms with van der Waals surface area (Å²) in [5.74, 6) is 6.76. The Kier molecular flexibility index (Phi) is 8.70. The van der Waals surface area contributed by atoms with Crippen LogP contribution in [0.5, 0.6) is 5.88 Å². The van der Waals surface area contributed by atoms with Gasteiger partial charge in [-0.25, -0.2) is 14.1 Å². The van der Waals surface area contributed by atoms with Crippen molar-refractivity contribution in [3.05, 3.63) is 72.4 Å². The highest BCUT2D eigenvalue weighted by Crippen LogP contribution is 2.18. The lowest BCUT2D eigenvalue weighted by atomic mass is 10.1. The molecule has 0 radical (unpaired) electrons. The number of ether oxygens (including phenoxy) is 2. The van der Waals surface area contributed by atoms with Gasteiger partial charge >= 0.3 is 0 Å². The molecule has 0 aliphatic rings.